The smallest absolute Gasteiger partial charge is 0.144 e. The fourth-order valence-corrected chi connectivity index (χ4v) is 4.65. The van der Waals surface area contributed by atoms with E-state index in [-0.39, 0.29) is 12.7 Å². The van der Waals surface area contributed by atoms with Gasteiger partial charge in [-0.2, -0.15) is 0 Å². The molecule has 0 aliphatic heterocycles. The minimum atomic E-state index is -0.831. The van der Waals surface area contributed by atoms with Crippen LogP contribution in [0.15, 0.2) is 115 Å². The molecule has 4 rings (SSSR count). The van der Waals surface area contributed by atoms with Crippen molar-refractivity contribution in [2.75, 3.05) is 20.3 Å². The third kappa shape index (κ3) is 6.86. The third-order valence-corrected chi connectivity index (χ3v) is 6.58. The largest absolute Gasteiger partial charge is 0.497 e. The van der Waals surface area contributed by atoms with Crippen molar-refractivity contribution in [3.63, 3.8) is 0 Å². The van der Waals surface area contributed by atoms with Crippen molar-refractivity contribution >= 4 is 0 Å². The lowest BCUT2D eigenvalue weighted by Crippen LogP contribution is -2.38. The van der Waals surface area contributed by atoms with E-state index in [0.717, 1.165) is 47.3 Å². The second kappa shape index (κ2) is 13.8. The van der Waals surface area contributed by atoms with E-state index in [1.807, 2.05) is 78.9 Å². The van der Waals surface area contributed by atoms with Gasteiger partial charge in [-0.3, -0.25) is 0 Å². The lowest BCUT2D eigenvalue weighted by atomic mass is 9.80. The van der Waals surface area contributed by atoms with Gasteiger partial charge in [0, 0.05) is 6.61 Å². The summed E-state index contributed by atoms with van der Waals surface area (Å²) in [6.07, 6.45) is 2.19. The Morgan fingerprint density at radius 1 is 0.676 bits per heavy atom. The van der Waals surface area contributed by atoms with E-state index in [2.05, 4.69) is 36.4 Å². The predicted octanol–water partition coefficient (Wildman–Crippen LogP) is 6.75. The molecule has 0 aliphatic carbocycles. The molecule has 4 heteroatoms. The van der Waals surface area contributed by atoms with Crippen molar-refractivity contribution in [1.82, 2.24) is 0 Å². The molecule has 1 atom stereocenters. The van der Waals surface area contributed by atoms with Crippen LogP contribution in [-0.4, -0.2) is 31.5 Å². The van der Waals surface area contributed by atoms with Crippen LogP contribution in [0.3, 0.4) is 0 Å². The number of rotatable bonds is 14. The average Bonchev–Trinajstić information content (AvgIpc) is 2.98. The van der Waals surface area contributed by atoms with E-state index in [4.69, 9.17) is 14.2 Å². The van der Waals surface area contributed by atoms with Gasteiger partial charge in [-0.05, 0) is 53.6 Å². The summed E-state index contributed by atoms with van der Waals surface area (Å²) >= 11 is 0. The zero-order valence-electron chi connectivity index (χ0n) is 21.5. The molecule has 0 saturated carbocycles. The SMILES string of the molecule is COc1ccc(COCCCCC(CO)OC(c2ccccc2)(c2ccccc2)c2ccccc2)cc1. The molecule has 4 nitrogen and oxygen atoms in total. The molecule has 1 N–H and O–H groups in total. The zero-order valence-corrected chi connectivity index (χ0v) is 21.5. The highest BCUT2D eigenvalue weighted by atomic mass is 16.5. The Morgan fingerprint density at radius 2 is 1.19 bits per heavy atom. The molecule has 0 amide bonds. The van der Waals surface area contributed by atoms with Crippen LogP contribution in [0.2, 0.25) is 0 Å². The highest BCUT2D eigenvalue weighted by Crippen LogP contribution is 2.41. The Labute approximate surface area is 220 Å². The van der Waals surface area contributed by atoms with Crippen LogP contribution in [0.4, 0.5) is 0 Å². The molecule has 0 radical (unpaired) electrons. The van der Waals surface area contributed by atoms with Gasteiger partial charge in [0.05, 0.1) is 26.4 Å². The van der Waals surface area contributed by atoms with Crippen LogP contribution in [-0.2, 0) is 21.7 Å². The van der Waals surface area contributed by atoms with Crippen LogP contribution in [0, 0.1) is 0 Å². The Balaban J connectivity index is 1.45. The van der Waals surface area contributed by atoms with Crippen molar-refractivity contribution in [2.24, 2.45) is 0 Å². The van der Waals surface area contributed by atoms with E-state index >= 15 is 0 Å². The van der Waals surface area contributed by atoms with Crippen LogP contribution in [0.25, 0.3) is 0 Å². The normalized spacial score (nSPS) is 12.3. The minimum absolute atomic E-state index is 0.0546. The molecule has 192 valence electrons. The number of aliphatic hydroxyl groups excluding tert-OH is 1. The van der Waals surface area contributed by atoms with Gasteiger partial charge in [0.15, 0.2) is 0 Å². The second-order valence-electron chi connectivity index (χ2n) is 9.10. The highest BCUT2D eigenvalue weighted by Gasteiger charge is 2.39. The van der Waals surface area contributed by atoms with Crippen molar-refractivity contribution < 1.29 is 19.3 Å². The van der Waals surface area contributed by atoms with E-state index in [1.165, 1.54) is 0 Å². The van der Waals surface area contributed by atoms with Crippen molar-refractivity contribution in [1.29, 1.82) is 0 Å². The molecule has 1 unspecified atom stereocenters. The average molecular weight is 497 g/mol. The van der Waals surface area contributed by atoms with Crippen molar-refractivity contribution in [3.8, 4) is 5.75 Å². The molecule has 0 saturated heterocycles. The minimum Gasteiger partial charge on any atom is -0.497 e. The van der Waals surface area contributed by atoms with Gasteiger partial charge >= 0.3 is 0 Å². The van der Waals surface area contributed by atoms with Gasteiger partial charge in [0.2, 0.25) is 0 Å². The number of benzene rings is 4. The monoisotopic (exact) mass is 496 g/mol. The first-order chi connectivity index (χ1) is 18.3. The third-order valence-electron chi connectivity index (χ3n) is 6.58. The standard InChI is InChI=1S/C33H36O4/c1-35-31-22-20-27(21-23-31)26-36-24-12-11-19-32(25-34)37-33(28-13-5-2-6-14-28,29-15-7-3-8-16-29)30-17-9-4-10-18-30/h2-10,13-18,20-23,32,34H,11-12,19,24-26H2,1H3. The molecular weight excluding hydrogens is 460 g/mol. The number of hydrogen-bond acceptors (Lipinski definition) is 4. The summed E-state index contributed by atoms with van der Waals surface area (Å²) in [5.74, 6) is 0.844. The van der Waals surface area contributed by atoms with E-state index in [1.54, 1.807) is 7.11 Å². The Kier molecular flexibility index (Phi) is 9.89. The number of methoxy groups -OCH3 is 1. The Bertz CT molecular complexity index is 1060. The maximum atomic E-state index is 10.4. The van der Waals surface area contributed by atoms with Crippen LogP contribution in [0.5, 0.6) is 5.75 Å². The molecule has 4 aromatic carbocycles. The molecule has 0 aliphatic rings. The predicted molar refractivity (Wildman–Crippen MR) is 148 cm³/mol. The van der Waals surface area contributed by atoms with Crippen LogP contribution >= 0.6 is 0 Å². The lowest BCUT2D eigenvalue weighted by Gasteiger charge is -2.38. The molecule has 0 bridgehead atoms. The van der Waals surface area contributed by atoms with Gasteiger partial charge in [0.1, 0.15) is 11.4 Å². The molecule has 0 aromatic heterocycles. The Hall–Kier alpha value is -3.44. The number of unbranched alkanes of at least 4 members (excludes halogenated alkanes) is 1. The summed E-state index contributed by atoms with van der Waals surface area (Å²) in [5, 5.41) is 10.4. The summed E-state index contributed by atoms with van der Waals surface area (Å²) in [4.78, 5) is 0. The summed E-state index contributed by atoms with van der Waals surface area (Å²) in [6.45, 7) is 1.18. The highest BCUT2D eigenvalue weighted by molar-refractivity contribution is 5.47. The fraction of sp³-hybridized carbons (Fsp3) is 0.273. The van der Waals surface area contributed by atoms with Crippen LogP contribution < -0.4 is 4.74 Å². The maximum absolute atomic E-state index is 10.4. The number of hydrogen-bond donors (Lipinski definition) is 1. The zero-order chi connectivity index (χ0) is 25.8. The lowest BCUT2D eigenvalue weighted by molar-refractivity contribution is -0.0741. The summed E-state index contributed by atoms with van der Waals surface area (Å²) in [6, 6.07) is 38.8. The Morgan fingerprint density at radius 3 is 1.65 bits per heavy atom. The molecule has 4 aromatic rings. The molecule has 0 heterocycles. The van der Waals surface area contributed by atoms with Gasteiger partial charge in [0.25, 0.3) is 0 Å². The summed E-state index contributed by atoms with van der Waals surface area (Å²) in [7, 11) is 1.67. The topological polar surface area (TPSA) is 47.9 Å². The van der Waals surface area contributed by atoms with E-state index in [0.29, 0.717) is 13.2 Å². The van der Waals surface area contributed by atoms with Gasteiger partial charge in [-0.15, -0.1) is 0 Å². The summed E-state index contributed by atoms with van der Waals surface area (Å²) < 4.78 is 18.0. The van der Waals surface area contributed by atoms with Gasteiger partial charge in [-0.1, -0.05) is 103 Å². The first-order valence-corrected chi connectivity index (χ1v) is 12.9. The quantitative estimate of drug-likeness (QED) is 0.155. The van der Waals surface area contributed by atoms with E-state index < -0.39 is 5.60 Å². The first-order valence-electron chi connectivity index (χ1n) is 12.9. The second-order valence-corrected chi connectivity index (χ2v) is 9.10. The maximum Gasteiger partial charge on any atom is 0.144 e. The van der Waals surface area contributed by atoms with E-state index in [9.17, 15) is 5.11 Å². The molecular formula is C33H36O4. The van der Waals surface area contributed by atoms with Crippen LogP contribution in [0.1, 0.15) is 41.5 Å². The van der Waals surface area contributed by atoms with Crippen molar-refractivity contribution in [3.05, 3.63) is 138 Å². The molecule has 37 heavy (non-hydrogen) atoms. The fourth-order valence-electron chi connectivity index (χ4n) is 4.65. The molecule has 0 spiro atoms. The van der Waals surface area contributed by atoms with Gasteiger partial charge < -0.3 is 19.3 Å². The first kappa shape index (κ1) is 26.6. The number of ether oxygens (including phenoxy) is 3. The number of aliphatic hydroxyl groups is 1. The summed E-state index contributed by atoms with van der Waals surface area (Å²) in [5.41, 5.74) is 3.40. The van der Waals surface area contributed by atoms with Crippen molar-refractivity contribution in [2.45, 2.75) is 37.6 Å². The van der Waals surface area contributed by atoms with Gasteiger partial charge in [-0.25, -0.2) is 0 Å². The molecule has 0 fully saturated rings.